The molecule has 6 nitrogen and oxygen atoms in total. The first-order valence-electron chi connectivity index (χ1n) is 15.4. The maximum absolute atomic E-state index is 11.1. The molecule has 1 aliphatic carbocycles. The van der Waals surface area contributed by atoms with Crippen LogP contribution >= 0.6 is 0 Å². The molecule has 0 aromatic heterocycles. The highest BCUT2D eigenvalue weighted by Crippen LogP contribution is 2.25. The van der Waals surface area contributed by atoms with E-state index in [9.17, 15) is 9.59 Å². The molecule has 0 saturated heterocycles. The molecule has 3 aromatic carbocycles. The Balaban J connectivity index is 1.31. The number of ether oxygens (including phenoxy) is 4. The van der Waals surface area contributed by atoms with Crippen LogP contribution in [0.2, 0.25) is 0 Å². The highest BCUT2D eigenvalue weighted by molar-refractivity contribution is 5.81. The molecule has 0 N–H and O–H groups in total. The second-order valence-corrected chi connectivity index (χ2v) is 10.4. The van der Waals surface area contributed by atoms with Crippen molar-refractivity contribution in [2.45, 2.75) is 39.0 Å². The van der Waals surface area contributed by atoms with Gasteiger partial charge >= 0.3 is 11.9 Å². The number of carbonyl (C=O) groups is 2. The SMILES string of the molecule is C=CC(=O)OCCCOC1=Cc2ccc(C#Cc3ccc(C#Cc4ccc(OCCCOC(=O)C=C)cc4)c(CC)c3)cc2CC1. The van der Waals surface area contributed by atoms with Crippen molar-refractivity contribution >= 4 is 18.0 Å². The zero-order valence-electron chi connectivity index (χ0n) is 26.2. The molecule has 0 bridgehead atoms. The number of esters is 2. The smallest absolute Gasteiger partial charge is 0.330 e. The third kappa shape index (κ3) is 10.6. The lowest BCUT2D eigenvalue weighted by Crippen LogP contribution is -2.07. The molecule has 0 spiro atoms. The zero-order chi connectivity index (χ0) is 32.6. The van der Waals surface area contributed by atoms with Crippen LogP contribution in [0.3, 0.4) is 0 Å². The Kier molecular flexibility index (Phi) is 12.9. The van der Waals surface area contributed by atoms with Gasteiger partial charge in [-0.2, -0.15) is 0 Å². The summed E-state index contributed by atoms with van der Waals surface area (Å²) in [6.45, 7) is 10.4. The lowest BCUT2D eigenvalue weighted by molar-refractivity contribution is -0.138. The zero-order valence-corrected chi connectivity index (χ0v) is 26.2. The van der Waals surface area contributed by atoms with Crippen LogP contribution in [0, 0.1) is 23.7 Å². The summed E-state index contributed by atoms with van der Waals surface area (Å²) in [5.41, 5.74) is 7.36. The number of hydrogen-bond donors (Lipinski definition) is 0. The minimum absolute atomic E-state index is 0.295. The topological polar surface area (TPSA) is 71.1 Å². The van der Waals surface area contributed by atoms with E-state index in [1.54, 1.807) is 0 Å². The van der Waals surface area contributed by atoms with E-state index in [4.69, 9.17) is 18.9 Å². The van der Waals surface area contributed by atoms with Crippen LogP contribution in [-0.2, 0) is 36.6 Å². The van der Waals surface area contributed by atoms with Gasteiger partial charge in [-0.3, -0.25) is 0 Å². The van der Waals surface area contributed by atoms with Crippen LogP contribution in [0.25, 0.3) is 6.08 Å². The van der Waals surface area contributed by atoms with Crippen molar-refractivity contribution in [3.05, 3.63) is 131 Å². The maximum Gasteiger partial charge on any atom is 0.330 e. The van der Waals surface area contributed by atoms with E-state index >= 15 is 0 Å². The van der Waals surface area contributed by atoms with E-state index in [0.29, 0.717) is 39.3 Å². The summed E-state index contributed by atoms with van der Waals surface area (Å²) in [5, 5.41) is 0. The van der Waals surface area contributed by atoms with Gasteiger partial charge in [-0.1, -0.05) is 49.8 Å². The summed E-state index contributed by atoms with van der Waals surface area (Å²) < 4.78 is 21.5. The molecule has 4 rings (SSSR count). The second kappa shape index (κ2) is 17.7. The standard InChI is InChI=1S/C40H38O6/c1-4-33-27-31(12-17-34(33)16-11-30-14-20-37(21-15-30)43-23-7-25-45-39(41)5-2)9-10-32-13-18-36-29-38(22-19-35(36)28-32)44-24-8-26-46-40(42)6-3/h5-6,12-15,17-18,20-21,27-29H,2-4,7-8,19,22-26H2,1H3. The van der Waals surface area contributed by atoms with Gasteiger partial charge in [-0.05, 0) is 90.2 Å². The Morgan fingerprint density at radius 3 is 2.00 bits per heavy atom. The molecule has 0 heterocycles. The number of aryl methyl sites for hydroxylation is 2. The van der Waals surface area contributed by atoms with Crippen molar-refractivity contribution in [3.63, 3.8) is 0 Å². The largest absolute Gasteiger partial charge is 0.498 e. The molecule has 1 aliphatic rings. The molecule has 0 radical (unpaired) electrons. The average molecular weight is 615 g/mol. The van der Waals surface area contributed by atoms with Crippen LogP contribution < -0.4 is 4.74 Å². The molecule has 3 aromatic rings. The molecule has 0 unspecified atom stereocenters. The van der Waals surface area contributed by atoms with E-state index in [2.05, 4.69) is 68.0 Å². The highest BCUT2D eigenvalue weighted by Gasteiger charge is 2.12. The lowest BCUT2D eigenvalue weighted by Gasteiger charge is -2.17. The van der Waals surface area contributed by atoms with Crippen molar-refractivity contribution in [1.29, 1.82) is 0 Å². The lowest BCUT2D eigenvalue weighted by atomic mass is 9.94. The predicted molar refractivity (Wildman–Crippen MR) is 180 cm³/mol. The summed E-state index contributed by atoms with van der Waals surface area (Å²) in [5.74, 6) is 14.0. The summed E-state index contributed by atoms with van der Waals surface area (Å²) in [7, 11) is 0. The van der Waals surface area contributed by atoms with Gasteiger partial charge < -0.3 is 18.9 Å². The van der Waals surface area contributed by atoms with Crippen LogP contribution in [0.15, 0.2) is 91.7 Å². The summed E-state index contributed by atoms with van der Waals surface area (Å²) in [6.07, 6.45) is 8.19. The fraction of sp³-hybridized carbons (Fsp3) is 0.250. The van der Waals surface area contributed by atoms with Gasteiger partial charge in [0.2, 0.25) is 0 Å². The van der Waals surface area contributed by atoms with Crippen LogP contribution in [0.1, 0.15) is 65.1 Å². The Bertz CT molecular complexity index is 1710. The van der Waals surface area contributed by atoms with Crippen LogP contribution in [0.4, 0.5) is 0 Å². The summed E-state index contributed by atoms with van der Waals surface area (Å²) in [6, 6.07) is 20.1. The number of fused-ring (bicyclic) bond motifs is 1. The molecule has 0 atom stereocenters. The summed E-state index contributed by atoms with van der Waals surface area (Å²) in [4.78, 5) is 22.2. The van der Waals surface area contributed by atoms with Gasteiger partial charge in [0.1, 0.15) is 5.75 Å². The molecular formula is C40H38O6. The van der Waals surface area contributed by atoms with E-state index < -0.39 is 11.9 Å². The minimum atomic E-state index is -0.428. The van der Waals surface area contributed by atoms with E-state index in [1.807, 2.05) is 42.5 Å². The van der Waals surface area contributed by atoms with Crippen LogP contribution in [0.5, 0.6) is 5.75 Å². The minimum Gasteiger partial charge on any atom is -0.498 e. The quantitative estimate of drug-likeness (QED) is 0.0897. The maximum atomic E-state index is 11.1. The third-order valence-corrected chi connectivity index (χ3v) is 7.09. The van der Waals surface area contributed by atoms with Crippen molar-refractivity contribution < 1.29 is 28.5 Å². The van der Waals surface area contributed by atoms with Crippen molar-refractivity contribution in [2.24, 2.45) is 0 Å². The average Bonchev–Trinajstić information content (AvgIpc) is 3.09. The van der Waals surface area contributed by atoms with E-state index in [1.165, 1.54) is 5.56 Å². The van der Waals surface area contributed by atoms with Gasteiger partial charge in [-0.25, -0.2) is 9.59 Å². The highest BCUT2D eigenvalue weighted by atomic mass is 16.5. The second-order valence-electron chi connectivity index (χ2n) is 10.4. The van der Waals surface area contributed by atoms with E-state index in [0.717, 1.165) is 76.3 Å². The van der Waals surface area contributed by atoms with Gasteiger partial charge in [-0.15, -0.1) is 0 Å². The summed E-state index contributed by atoms with van der Waals surface area (Å²) >= 11 is 0. The Morgan fingerprint density at radius 2 is 1.33 bits per heavy atom. The fourth-order valence-electron chi connectivity index (χ4n) is 4.64. The first-order valence-corrected chi connectivity index (χ1v) is 15.4. The van der Waals surface area contributed by atoms with Gasteiger partial charge in [0.05, 0.1) is 32.2 Å². The number of hydrogen-bond acceptors (Lipinski definition) is 6. The van der Waals surface area contributed by atoms with Crippen LogP contribution in [-0.4, -0.2) is 38.4 Å². The van der Waals surface area contributed by atoms with Crippen molar-refractivity contribution in [2.75, 3.05) is 26.4 Å². The van der Waals surface area contributed by atoms with E-state index in [-0.39, 0.29) is 0 Å². The number of rotatable bonds is 13. The third-order valence-electron chi connectivity index (χ3n) is 7.09. The van der Waals surface area contributed by atoms with Crippen molar-refractivity contribution in [3.8, 4) is 29.4 Å². The molecule has 0 fully saturated rings. The fourth-order valence-corrected chi connectivity index (χ4v) is 4.64. The molecule has 6 heteroatoms. The predicted octanol–water partition coefficient (Wildman–Crippen LogP) is 6.97. The molecule has 0 saturated carbocycles. The van der Waals surface area contributed by atoms with Gasteiger partial charge in [0.25, 0.3) is 0 Å². The van der Waals surface area contributed by atoms with Gasteiger partial charge in [0, 0.05) is 53.7 Å². The Hall–Kier alpha value is -5.46. The number of carbonyl (C=O) groups excluding carboxylic acids is 2. The Labute approximate surface area is 271 Å². The van der Waals surface area contributed by atoms with Gasteiger partial charge in [0.15, 0.2) is 0 Å². The normalized spacial score (nSPS) is 11.3. The first-order chi connectivity index (χ1) is 22.5. The monoisotopic (exact) mass is 614 g/mol. The molecule has 0 aliphatic heterocycles. The Morgan fingerprint density at radius 1 is 0.717 bits per heavy atom. The molecule has 46 heavy (non-hydrogen) atoms. The molecular weight excluding hydrogens is 576 g/mol. The first kappa shape index (κ1) is 33.4. The molecule has 0 amide bonds. The number of allylic oxidation sites excluding steroid dienone is 1. The van der Waals surface area contributed by atoms with Crippen molar-refractivity contribution in [1.82, 2.24) is 0 Å². The molecule has 234 valence electrons. The number of benzene rings is 3.